The van der Waals surface area contributed by atoms with Crippen LogP contribution in [-0.4, -0.2) is 27.9 Å². The fourth-order valence-electron chi connectivity index (χ4n) is 2.03. The second-order valence-electron chi connectivity index (χ2n) is 4.44. The highest BCUT2D eigenvalue weighted by Gasteiger charge is 2.28. The Balaban J connectivity index is 1.86. The molecule has 1 saturated heterocycles. The third-order valence-corrected chi connectivity index (χ3v) is 3.03. The summed E-state index contributed by atoms with van der Waals surface area (Å²) in [7, 11) is 0. The number of aliphatic hydroxyl groups is 1. The van der Waals surface area contributed by atoms with E-state index in [0.29, 0.717) is 24.4 Å². The Labute approximate surface area is 107 Å². The van der Waals surface area contributed by atoms with Gasteiger partial charge in [0.25, 0.3) is 0 Å². The predicted molar refractivity (Wildman–Crippen MR) is 61.0 cm³/mol. The SMILES string of the molecule is O[C@H]1CN[C@H](c2nc(-c3ccc(F)c(F)c3)no2)C1. The largest absolute Gasteiger partial charge is 0.392 e. The van der Waals surface area contributed by atoms with Crippen LogP contribution < -0.4 is 5.32 Å². The fraction of sp³-hybridized carbons (Fsp3) is 0.333. The van der Waals surface area contributed by atoms with Crippen molar-refractivity contribution in [2.45, 2.75) is 18.6 Å². The van der Waals surface area contributed by atoms with Crippen LogP contribution in [0, 0.1) is 11.6 Å². The van der Waals surface area contributed by atoms with E-state index >= 15 is 0 Å². The van der Waals surface area contributed by atoms with Crippen LogP contribution in [0.5, 0.6) is 0 Å². The molecule has 1 fully saturated rings. The number of hydrogen-bond acceptors (Lipinski definition) is 5. The summed E-state index contributed by atoms with van der Waals surface area (Å²) in [6.45, 7) is 0.466. The standard InChI is InChI=1S/C12H11F2N3O2/c13-8-2-1-6(3-9(8)14)11-16-12(19-17-11)10-4-7(18)5-15-10/h1-3,7,10,15,18H,4-5H2/t7-,10+/m1/s1. The number of aromatic nitrogens is 2. The van der Waals surface area contributed by atoms with Gasteiger partial charge in [-0.3, -0.25) is 0 Å². The summed E-state index contributed by atoms with van der Waals surface area (Å²) < 4.78 is 31.0. The molecule has 0 amide bonds. The maximum absolute atomic E-state index is 13.1. The van der Waals surface area contributed by atoms with Crippen molar-refractivity contribution in [3.8, 4) is 11.4 Å². The zero-order valence-corrected chi connectivity index (χ0v) is 9.81. The van der Waals surface area contributed by atoms with Gasteiger partial charge in [-0.15, -0.1) is 0 Å². The maximum atomic E-state index is 13.1. The Hall–Kier alpha value is -1.86. The lowest BCUT2D eigenvalue weighted by atomic mass is 10.2. The van der Waals surface area contributed by atoms with Gasteiger partial charge in [0.1, 0.15) is 0 Å². The lowest BCUT2D eigenvalue weighted by molar-refractivity contribution is 0.191. The maximum Gasteiger partial charge on any atom is 0.244 e. The summed E-state index contributed by atoms with van der Waals surface area (Å²) in [5.41, 5.74) is 0.340. The number of β-amino-alcohol motifs (C(OH)–C–C–N with tert-alkyl or cyclic N) is 1. The molecule has 0 unspecified atom stereocenters. The predicted octanol–water partition coefficient (Wildman–Crippen LogP) is 1.41. The molecule has 1 aromatic carbocycles. The Bertz CT molecular complexity index is 602. The lowest BCUT2D eigenvalue weighted by Crippen LogP contribution is -2.15. The zero-order chi connectivity index (χ0) is 13.4. The molecule has 100 valence electrons. The van der Waals surface area contributed by atoms with E-state index in [-0.39, 0.29) is 11.9 Å². The molecule has 7 heteroatoms. The highest BCUT2D eigenvalue weighted by atomic mass is 19.2. The molecule has 2 heterocycles. The van der Waals surface area contributed by atoms with Crippen molar-refractivity contribution in [1.82, 2.24) is 15.5 Å². The first kappa shape index (κ1) is 12.2. The number of nitrogens with zero attached hydrogens (tertiary/aromatic N) is 2. The number of hydrogen-bond donors (Lipinski definition) is 2. The Kier molecular flexibility index (Phi) is 3.00. The van der Waals surface area contributed by atoms with Crippen LogP contribution in [-0.2, 0) is 0 Å². The fourth-order valence-corrected chi connectivity index (χ4v) is 2.03. The molecule has 1 aliphatic heterocycles. The van der Waals surface area contributed by atoms with Crippen LogP contribution in [0.1, 0.15) is 18.4 Å². The first-order valence-electron chi connectivity index (χ1n) is 5.84. The minimum atomic E-state index is -0.960. The van der Waals surface area contributed by atoms with Crippen LogP contribution in [0.4, 0.5) is 8.78 Å². The monoisotopic (exact) mass is 267 g/mol. The number of aliphatic hydroxyl groups excluding tert-OH is 1. The van der Waals surface area contributed by atoms with E-state index in [0.717, 1.165) is 12.1 Å². The van der Waals surface area contributed by atoms with E-state index in [1.807, 2.05) is 0 Å². The molecule has 1 aromatic heterocycles. The van der Waals surface area contributed by atoms with Gasteiger partial charge in [-0.25, -0.2) is 8.78 Å². The van der Waals surface area contributed by atoms with E-state index in [4.69, 9.17) is 4.52 Å². The van der Waals surface area contributed by atoms with E-state index in [9.17, 15) is 13.9 Å². The normalized spacial score (nSPS) is 22.9. The highest BCUT2D eigenvalue weighted by molar-refractivity contribution is 5.54. The summed E-state index contributed by atoms with van der Waals surface area (Å²) >= 11 is 0. The quantitative estimate of drug-likeness (QED) is 0.860. The summed E-state index contributed by atoms with van der Waals surface area (Å²) in [5.74, 6) is -1.36. The summed E-state index contributed by atoms with van der Waals surface area (Å²) in [4.78, 5) is 4.13. The molecule has 0 spiro atoms. The van der Waals surface area contributed by atoms with Crippen molar-refractivity contribution >= 4 is 0 Å². The number of rotatable bonds is 2. The molecule has 2 N–H and O–H groups in total. The molecule has 0 saturated carbocycles. The first-order chi connectivity index (χ1) is 9.13. The molecule has 3 rings (SSSR count). The van der Waals surface area contributed by atoms with Crippen molar-refractivity contribution in [2.75, 3.05) is 6.54 Å². The molecule has 0 bridgehead atoms. The third-order valence-electron chi connectivity index (χ3n) is 3.03. The van der Waals surface area contributed by atoms with Crippen LogP contribution in [0.2, 0.25) is 0 Å². The van der Waals surface area contributed by atoms with Crippen molar-refractivity contribution in [3.63, 3.8) is 0 Å². The van der Waals surface area contributed by atoms with Crippen molar-refractivity contribution in [1.29, 1.82) is 0 Å². The van der Waals surface area contributed by atoms with Gasteiger partial charge in [0.05, 0.1) is 12.1 Å². The van der Waals surface area contributed by atoms with E-state index in [2.05, 4.69) is 15.5 Å². The van der Waals surface area contributed by atoms with Crippen LogP contribution in [0.3, 0.4) is 0 Å². The number of halogens is 2. The van der Waals surface area contributed by atoms with E-state index in [1.54, 1.807) is 0 Å². The third kappa shape index (κ3) is 2.34. The summed E-state index contributed by atoms with van der Waals surface area (Å²) in [6.07, 6.45) is 0.0444. The van der Waals surface area contributed by atoms with E-state index in [1.165, 1.54) is 6.07 Å². The Morgan fingerprint density at radius 1 is 1.32 bits per heavy atom. The topological polar surface area (TPSA) is 71.2 Å². The molecule has 0 radical (unpaired) electrons. The van der Waals surface area contributed by atoms with Crippen molar-refractivity contribution < 1.29 is 18.4 Å². The molecular formula is C12H11F2N3O2. The average molecular weight is 267 g/mol. The van der Waals surface area contributed by atoms with Gasteiger partial charge in [-0.2, -0.15) is 4.98 Å². The van der Waals surface area contributed by atoms with Crippen LogP contribution >= 0.6 is 0 Å². The van der Waals surface area contributed by atoms with Gasteiger partial charge in [-0.05, 0) is 24.6 Å². The second-order valence-corrected chi connectivity index (χ2v) is 4.44. The second kappa shape index (κ2) is 4.67. The molecule has 0 aliphatic carbocycles. The minimum absolute atomic E-state index is 0.192. The molecule has 2 atom stereocenters. The molecule has 2 aromatic rings. The first-order valence-corrected chi connectivity index (χ1v) is 5.84. The Morgan fingerprint density at radius 3 is 2.84 bits per heavy atom. The van der Waals surface area contributed by atoms with Gasteiger partial charge in [0, 0.05) is 12.1 Å². The molecule has 1 aliphatic rings. The smallest absolute Gasteiger partial charge is 0.244 e. The van der Waals surface area contributed by atoms with Gasteiger partial charge >= 0.3 is 0 Å². The van der Waals surface area contributed by atoms with Gasteiger partial charge in [0.15, 0.2) is 11.6 Å². The summed E-state index contributed by atoms with van der Waals surface area (Å²) in [6, 6.07) is 3.20. The average Bonchev–Trinajstić information content (AvgIpc) is 3.01. The minimum Gasteiger partial charge on any atom is -0.392 e. The van der Waals surface area contributed by atoms with Gasteiger partial charge in [-0.1, -0.05) is 5.16 Å². The van der Waals surface area contributed by atoms with E-state index < -0.39 is 17.7 Å². The van der Waals surface area contributed by atoms with Gasteiger partial charge < -0.3 is 14.9 Å². The molecule has 5 nitrogen and oxygen atoms in total. The van der Waals surface area contributed by atoms with Crippen molar-refractivity contribution in [3.05, 3.63) is 35.7 Å². The lowest BCUT2D eigenvalue weighted by Gasteiger charge is -2.01. The molecular weight excluding hydrogens is 256 g/mol. The number of nitrogens with one attached hydrogen (secondary N) is 1. The zero-order valence-electron chi connectivity index (χ0n) is 9.81. The highest BCUT2D eigenvalue weighted by Crippen LogP contribution is 2.25. The Morgan fingerprint density at radius 2 is 2.16 bits per heavy atom. The number of benzene rings is 1. The van der Waals surface area contributed by atoms with Gasteiger partial charge in [0.2, 0.25) is 11.7 Å². The molecule has 19 heavy (non-hydrogen) atoms. The van der Waals surface area contributed by atoms with Crippen LogP contribution in [0.25, 0.3) is 11.4 Å². The van der Waals surface area contributed by atoms with Crippen LogP contribution in [0.15, 0.2) is 22.7 Å². The summed E-state index contributed by atoms with van der Waals surface area (Å²) in [5, 5.41) is 16.2. The van der Waals surface area contributed by atoms with Crippen molar-refractivity contribution in [2.24, 2.45) is 0 Å².